The maximum Gasteiger partial charge on any atom is 0.192 e. The van der Waals surface area contributed by atoms with Crippen molar-refractivity contribution in [2.24, 2.45) is 28.6 Å². The van der Waals surface area contributed by atoms with E-state index in [9.17, 15) is 24.9 Å². The average molecular weight is 530 g/mol. The van der Waals surface area contributed by atoms with E-state index in [-0.39, 0.29) is 24.2 Å². The van der Waals surface area contributed by atoms with Gasteiger partial charge >= 0.3 is 0 Å². The van der Waals surface area contributed by atoms with Gasteiger partial charge in [0.15, 0.2) is 22.8 Å². The van der Waals surface area contributed by atoms with Crippen molar-refractivity contribution in [3.05, 3.63) is 53.6 Å². The molecule has 9 heteroatoms. The molecule has 9 unspecified atom stereocenters. The van der Waals surface area contributed by atoms with Crippen molar-refractivity contribution >= 4 is 11.6 Å². The molecule has 3 saturated carbocycles. The number of hydrogen-bond acceptors (Lipinski definition) is 7. The van der Waals surface area contributed by atoms with Crippen LogP contribution in [-0.4, -0.2) is 68.6 Å². The number of nitrogens with zero attached hydrogens (tertiary/aromatic N) is 1. The zero-order valence-corrected chi connectivity index (χ0v) is 21.4. The summed E-state index contributed by atoms with van der Waals surface area (Å²) in [6, 6.07) is 6.61. The molecule has 3 N–H and O–H groups in total. The highest BCUT2D eigenvalue weighted by atomic mass is 19.1. The molecule has 6 rings (SSSR count). The number of phenolic OH excluding ortho intramolecular Hbond substituents is 1. The molecule has 4 aliphatic carbocycles. The van der Waals surface area contributed by atoms with E-state index in [0.29, 0.717) is 19.5 Å². The Morgan fingerprint density at radius 1 is 1.18 bits per heavy atom. The van der Waals surface area contributed by atoms with Gasteiger partial charge in [-0.3, -0.25) is 14.4 Å². The van der Waals surface area contributed by atoms with E-state index >= 15 is 8.78 Å². The molecule has 38 heavy (non-hydrogen) atoms. The number of rotatable bonds is 4. The highest BCUT2D eigenvalue weighted by molar-refractivity contribution is 6.01. The molecular weight excluding hydrogens is 496 g/mol. The predicted octanol–water partition coefficient (Wildman–Crippen LogP) is 2.98. The lowest BCUT2D eigenvalue weighted by atomic mass is 9.44. The first-order valence-electron chi connectivity index (χ1n) is 13.2. The Bertz CT molecular complexity index is 1250. The first-order valence-corrected chi connectivity index (χ1v) is 13.2. The van der Waals surface area contributed by atoms with Gasteiger partial charge in [-0.25, -0.2) is 8.78 Å². The molecule has 1 saturated heterocycles. The van der Waals surface area contributed by atoms with Crippen molar-refractivity contribution in [1.29, 1.82) is 0 Å². The second-order valence-electron chi connectivity index (χ2n) is 12.2. The minimum absolute atomic E-state index is 0.0575. The first kappa shape index (κ1) is 25.8. The number of hydroxylamine groups is 2. The molecule has 1 aromatic carbocycles. The number of phenols is 1. The van der Waals surface area contributed by atoms with Crippen LogP contribution in [0, 0.1) is 28.6 Å². The number of aliphatic hydroxyl groups excluding tert-OH is 2. The molecule has 0 aromatic heterocycles. The molecule has 0 radical (unpaired) electrons. The van der Waals surface area contributed by atoms with Gasteiger partial charge in [-0.1, -0.05) is 25.1 Å². The minimum Gasteiger partial charge on any atom is -0.508 e. The monoisotopic (exact) mass is 529 g/mol. The number of ketones is 2. The van der Waals surface area contributed by atoms with Gasteiger partial charge in [-0.2, -0.15) is 5.06 Å². The van der Waals surface area contributed by atoms with Crippen LogP contribution in [0.3, 0.4) is 0 Å². The van der Waals surface area contributed by atoms with E-state index in [1.807, 2.05) is 0 Å². The Labute approximate surface area is 219 Å². The quantitative estimate of drug-likeness (QED) is 0.551. The largest absolute Gasteiger partial charge is 0.508 e. The van der Waals surface area contributed by atoms with Gasteiger partial charge in [0.25, 0.3) is 0 Å². The topological polar surface area (TPSA) is 107 Å². The summed E-state index contributed by atoms with van der Waals surface area (Å²) >= 11 is 0. The van der Waals surface area contributed by atoms with Crippen molar-refractivity contribution in [3.63, 3.8) is 0 Å². The van der Waals surface area contributed by atoms with E-state index in [2.05, 4.69) is 0 Å². The summed E-state index contributed by atoms with van der Waals surface area (Å²) in [6.45, 7) is 3.26. The summed E-state index contributed by atoms with van der Waals surface area (Å²) in [6.07, 6.45) is 0.750. The number of aromatic hydroxyl groups is 1. The molecule has 0 amide bonds. The number of benzene rings is 1. The molecule has 1 heterocycles. The van der Waals surface area contributed by atoms with Gasteiger partial charge in [0, 0.05) is 35.8 Å². The van der Waals surface area contributed by atoms with Crippen molar-refractivity contribution in [3.8, 4) is 5.75 Å². The number of hydrogen-bond donors (Lipinski definition) is 3. The fourth-order valence-electron chi connectivity index (χ4n) is 8.84. The molecule has 9 atom stereocenters. The van der Waals surface area contributed by atoms with Gasteiger partial charge < -0.3 is 15.3 Å². The Morgan fingerprint density at radius 2 is 1.89 bits per heavy atom. The lowest BCUT2D eigenvalue weighted by Gasteiger charge is -2.63. The van der Waals surface area contributed by atoms with Crippen LogP contribution in [-0.2, 0) is 21.0 Å². The Kier molecular flexibility index (Phi) is 5.62. The average Bonchev–Trinajstić information content (AvgIpc) is 3.35. The number of carbonyl (C=O) groups is 2. The van der Waals surface area contributed by atoms with Crippen LogP contribution in [0.2, 0.25) is 0 Å². The normalized spacial score (nSPS) is 45.7. The predicted molar refractivity (Wildman–Crippen MR) is 132 cm³/mol. The number of halogens is 2. The fourth-order valence-corrected chi connectivity index (χ4v) is 8.84. The molecule has 1 aromatic rings. The number of alkyl halides is 2. The molecule has 5 aliphatic rings. The maximum atomic E-state index is 17.4. The van der Waals surface area contributed by atoms with Crippen LogP contribution >= 0.6 is 0 Å². The number of aliphatic hydroxyl groups is 2. The fraction of sp³-hybridized carbons (Fsp3) is 0.586. The minimum atomic E-state index is -2.24. The van der Waals surface area contributed by atoms with Crippen LogP contribution in [0.4, 0.5) is 8.78 Å². The van der Waals surface area contributed by atoms with E-state index < -0.39 is 70.3 Å². The second kappa shape index (κ2) is 8.27. The van der Waals surface area contributed by atoms with Crippen LogP contribution < -0.4 is 0 Å². The highest BCUT2D eigenvalue weighted by Crippen LogP contribution is 2.72. The molecule has 0 spiro atoms. The van der Waals surface area contributed by atoms with E-state index in [4.69, 9.17) is 4.84 Å². The zero-order valence-electron chi connectivity index (χ0n) is 21.4. The summed E-state index contributed by atoms with van der Waals surface area (Å²) in [4.78, 5) is 32.0. The van der Waals surface area contributed by atoms with Crippen LogP contribution in [0.1, 0.15) is 38.7 Å². The van der Waals surface area contributed by atoms with Crippen LogP contribution in [0.5, 0.6) is 5.75 Å². The van der Waals surface area contributed by atoms with Gasteiger partial charge in [-0.15, -0.1) is 0 Å². The van der Waals surface area contributed by atoms with E-state index in [1.54, 1.807) is 43.2 Å². The SMILES string of the molecule is CC12C=CC(=O)C=C1C(F)CC1C3CC4CN(Cc5ccc(O)cc5)OC4(C(=O)CO)C3(C)CC(O)C12F. The lowest BCUT2D eigenvalue weighted by molar-refractivity contribution is -0.269. The summed E-state index contributed by atoms with van der Waals surface area (Å²) in [7, 11) is 0. The molecule has 0 bridgehead atoms. The third-order valence-electron chi connectivity index (χ3n) is 10.5. The standard InChI is InChI=1S/C29H33F2NO6/c1-26-8-7-19(35)10-22(26)23(30)11-21-20-9-17-14-32(13-16-3-5-18(34)6-4-16)38-29(17,25(37)15-33)27(20,2)12-24(36)28(21,26)31/h3-8,10,17,20-21,23-24,33-34,36H,9,11-15H2,1-2H3. The summed E-state index contributed by atoms with van der Waals surface area (Å²) in [5.74, 6) is -2.60. The Hall–Kier alpha value is -2.46. The molecule has 204 valence electrons. The molecule has 4 fully saturated rings. The van der Waals surface area contributed by atoms with E-state index in [1.165, 1.54) is 12.2 Å². The first-order chi connectivity index (χ1) is 17.9. The number of Topliss-reactive ketones (excluding diaryl/α,β-unsaturated/α-hetero) is 1. The summed E-state index contributed by atoms with van der Waals surface area (Å²) in [5, 5.41) is 32.8. The summed E-state index contributed by atoms with van der Waals surface area (Å²) in [5.41, 5.74) is -5.39. The molecule has 7 nitrogen and oxygen atoms in total. The van der Waals surface area contributed by atoms with E-state index in [0.717, 1.165) is 11.6 Å². The molecular formula is C29H33F2NO6. The van der Waals surface area contributed by atoms with Crippen molar-refractivity contribution < 1.29 is 38.5 Å². The molecule has 1 aliphatic heterocycles. The third kappa shape index (κ3) is 3.07. The van der Waals surface area contributed by atoms with Crippen LogP contribution in [0.25, 0.3) is 0 Å². The number of carbonyl (C=O) groups excluding carboxylic acids is 2. The lowest BCUT2D eigenvalue weighted by Crippen LogP contribution is -2.70. The number of fused-ring (bicyclic) bond motifs is 7. The third-order valence-corrected chi connectivity index (χ3v) is 10.5. The highest BCUT2D eigenvalue weighted by Gasteiger charge is 2.79. The number of allylic oxidation sites excluding steroid dienone is 4. The zero-order chi connectivity index (χ0) is 27.3. The Balaban J connectivity index is 1.39. The smallest absolute Gasteiger partial charge is 0.192 e. The Morgan fingerprint density at radius 3 is 2.58 bits per heavy atom. The second-order valence-corrected chi connectivity index (χ2v) is 12.2. The van der Waals surface area contributed by atoms with Gasteiger partial charge in [0.2, 0.25) is 0 Å². The van der Waals surface area contributed by atoms with Crippen molar-refractivity contribution in [1.82, 2.24) is 5.06 Å². The van der Waals surface area contributed by atoms with Crippen molar-refractivity contribution in [2.45, 2.75) is 63.2 Å². The van der Waals surface area contributed by atoms with Crippen molar-refractivity contribution in [2.75, 3.05) is 13.2 Å². The van der Waals surface area contributed by atoms with Gasteiger partial charge in [-0.05, 0) is 67.5 Å². The van der Waals surface area contributed by atoms with Crippen LogP contribution in [0.15, 0.2) is 48.1 Å². The van der Waals surface area contributed by atoms with Gasteiger partial charge in [0.1, 0.15) is 18.5 Å². The van der Waals surface area contributed by atoms with Gasteiger partial charge in [0.05, 0.1) is 6.10 Å². The maximum absolute atomic E-state index is 17.4. The summed E-state index contributed by atoms with van der Waals surface area (Å²) < 4.78 is 33.1.